The first-order valence-corrected chi connectivity index (χ1v) is 9.16. The summed E-state index contributed by atoms with van der Waals surface area (Å²) >= 11 is 5.92. The van der Waals surface area contributed by atoms with E-state index in [9.17, 15) is 4.79 Å². The Kier molecular flexibility index (Phi) is 5.17. The summed E-state index contributed by atoms with van der Waals surface area (Å²) in [6.45, 7) is 0.402. The lowest BCUT2D eigenvalue weighted by Crippen LogP contribution is -2.23. The van der Waals surface area contributed by atoms with Crippen molar-refractivity contribution in [1.29, 1.82) is 0 Å². The molecule has 0 saturated heterocycles. The maximum atomic E-state index is 12.9. The molecule has 0 spiro atoms. The van der Waals surface area contributed by atoms with Crippen molar-refractivity contribution in [1.82, 2.24) is 20.1 Å². The summed E-state index contributed by atoms with van der Waals surface area (Å²) in [4.78, 5) is 17.1. The van der Waals surface area contributed by atoms with Crippen LogP contribution in [0.25, 0.3) is 16.9 Å². The van der Waals surface area contributed by atoms with E-state index in [2.05, 4.69) is 15.4 Å². The molecule has 4 rings (SSSR count). The van der Waals surface area contributed by atoms with Crippen molar-refractivity contribution in [2.45, 2.75) is 6.54 Å². The van der Waals surface area contributed by atoms with Crippen LogP contribution in [-0.4, -0.2) is 20.7 Å². The topological polar surface area (TPSA) is 59.8 Å². The normalized spacial score (nSPS) is 10.6. The third kappa shape index (κ3) is 3.94. The number of carbonyl (C=O) groups is 1. The Bertz CT molecular complexity index is 1080. The number of nitrogens with zero attached hydrogens (tertiary/aromatic N) is 3. The molecule has 1 N–H and O–H groups in total. The second-order valence-electron chi connectivity index (χ2n) is 6.22. The van der Waals surface area contributed by atoms with Crippen molar-refractivity contribution in [2.75, 3.05) is 0 Å². The highest BCUT2D eigenvalue weighted by atomic mass is 35.5. The minimum atomic E-state index is -0.198. The minimum absolute atomic E-state index is 0.198. The van der Waals surface area contributed by atoms with Crippen LogP contribution in [0.1, 0.15) is 15.9 Å². The zero-order valence-electron chi connectivity index (χ0n) is 14.9. The quantitative estimate of drug-likeness (QED) is 0.547. The molecule has 2 aromatic heterocycles. The number of hydrogen-bond acceptors (Lipinski definition) is 3. The van der Waals surface area contributed by atoms with Gasteiger partial charge in [0.05, 0.1) is 11.3 Å². The van der Waals surface area contributed by atoms with Crippen molar-refractivity contribution in [2.24, 2.45) is 0 Å². The summed E-state index contributed by atoms with van der Waals surface area (Å²) in [6, 6.07) is 20.8. The standard InChI is InChI=1S/C22H17ClN4O/c23-18-10-8-16(9-11-18)13-25-22(28)20-15-27(19-6-2-1-3-7-19)26-21(20)17-5-4-12-24-14-17/h1-12,14-15H,13H2,(H,25,28). The van der Waals surface area contributed by atoms with Crippen LogP contribution in [-0.2, 0) is 6.54 Å². The van der Waals surface area contributed by atoms with E-state index in [-0.39, 0.29) is 5.91 Å². The fourth-order valence-corrected chi connectivity index (χ4v) is 2.97. The van der Waals surface area contributed by atoms with Crippen molar-refractivity contribution in [3.8, 4) is 16.9 Å². The molecule has 28 heavy (non-hydrogen) atoms. The van der Waals surface area contributed by atoms with Crippen molar-refractivity contribution < 1.29 is 4.79 Å². The second-order valence-corrected chi connectivity index (χ2v) is 6.66. The molecule has 0 saturated carbocycles. The molecule has 0 unspecified atom stereocenters. The van der Waals surface area contributed by atoms with Gasteiger partial charge >= 0.3 is 0 Å². The van der Waals surface area contributed by atoms with E-state index in [1.807, 2.05) is 54.6 Å². The Morgan fingerprint density at radius 1 is 1.00 bits per heavy atom. The van der Waals surface area contributed by atoms with Crippen LogP contribution >= 0.6 is 11.6 Å². The number of para-hydroxylation sites is 1. The lowest BCUT2D eigenvalue weighted by molar-refractivity contribution is 0.0951. The van der Waals surface area contributed by atoms with Gasteiger partial charge in [0, 0.05) is 35.7 Å². The fraction of sp³-hybridized carbons (Fsp3) is 0.0455. The van der Waals surface area contributed by atoms with Gasteiger partial charge in [-0.25, -0.2) is 4.68 Å². The third-order valence-corrected chi connectivity index (χ3v) is 4.53. The number of amides is 1. The van der Waals surface area contributed by atoms with Gasteiger partial charge in [-0.15, -0.1) is 0 Å². The van der Waals surface area contributed by atoms with Crippen LogP contribution < -0.4 is 5.32 Å². The van der Waals surface area contributed by atoms with Gasteiger partial charge in [0.2, 0.25) is 0 Å². The molecule has 0 aliphatic carbocycles. The summed E-state index contributed by atoms with van der Waals surface area (Å²) in [7, 11) is 0. The van der Waals surface area contributed by atoms with Crippen LogP contribution in [0.3, 0.4) is 0 Å². The molecule has 1 amide bonds. The van der Waals surface area contributed by atoms with Crippen LogP contribution in [0, 0.1) is 0 Å². The summed E-state index contributed by atoms with van der Waals surface area (Å²) in [5, 5.41) is 8.26. The number of rotatable bonds is 5. The average molecular weight is 389 g/mol. The van der Waals surface area contributed by atoms with Crippen LogP contribution in [0.2, 0.25) is 5.02 Å². The first-order valence-electron chi connectivity index (χ1n) is 8.79. The first kappa shape index (κ1) is 17.9. The molecule has 0 aliphatic heterocycles. The average Bonchev–Trinajstić information content (AvgIpc) is 3.20. The smallest absolute Gasteiger partial charge is 0.255 e. The molecule has 0 aliphatic rings. The van der Waals surface area contributed by atoms with Gasteiger partial charge in [-0.3, -0.25) is 9.78 Å². The molecule has 138 valence electrons. The predicted molar refractivity (Wildman–Crippen MR) is 109 cm³/mol. The maximum absolute atomic E-state index is 12.9. The minimum Gasteiger partial charge on any atom is -0.348 e. The van der Waals surface area contributed by atoms with E-state index in [4.69, 9.17) is 11.6 Å². The monoisotopic (exact) mass is 388 g/mol. The lowest BCUT2D eigenvalue weighted by atomic mass is 10.1. The van der Waals surface area contributed by atoms with Crippen LogP contribution in [0.4, 0.5) is 0 Å². The number of hydrogen-bond donors (Lipinski definition) is 1. The maximum Gasteiger partial charge on any atom is 0.255 e. The van der Waals surface area contributed by atoms with Crippen LogP contribution in [0.5, 0.6) is 0 Å². The Balaban J connectivity index is 1.65. The van der Waals surface area contributed by atoms with Crippen molar-refractivity contribution in [3.05, 3.63) is 101 Å². The second kappa shape index (κ2) is 8.06. The number of carbonyl (C=O) groups excluding carboxylic acids is 1. The first-order chi connectivity index (χ1) is 13.7. The van der Waals surface area contributed by atoms with Gasteiger partial charge in [-0.05, 0) is 42.0 Å². The number of nitrogens with one attached hydrogen (secondary N) is 1. The van der Waals surface area contributed by atoms with Gasteiger partial charge in [0.15, 0.2) is 0 Å². The molecule has 6 heteroatoms. The van der Waals surface area contributed by atoms with Gasteiger partial charge in [-0.1, -0.05) is 41.9 Å². The molecular weight excluding hydrogens is 372 g/mol. The highest BCUT2D eigenvalue weighted by molar-refractivity contribution is 6.30. The zero-order chi connectivity index (χ0) is 19.3. The Hall–Kier alpha value is -3.44. The molecular formula is C22H17ClN4O. The van der Waals surface area contributed by atoms with E-state index < -0.39 is 0 Å². The van der Waals surface area contributed by atoms with E-state index in [0.29, 0.717) is 22.8 Å². The molecule has 0 radical (unpaired) electrons. The Morgan fingerprint density at radius 2 is 1.79 bits per heavy atom. The van der Waals surface area contributed by atoms with Gasteiger partial charge in [0.1, 0.15) is 5.69 Å². The summed E-state index contributed by atoms with van der Waals surface area (Å²) < 4.78 is 1.71. The lowest BCUT2D eigenvalue weighted by Gasteiger charge is -2.06. The number of benzene rings is 2. The summed E-state index contributed by atoms with van der Waals surface area (Å²) in [5.74, 6) is -0.198. The molecule has 2 heterocycles. The highest BCUT2D eigenvalue weighted by Crippen LogP contribution is 2.23. The summed E-state index contributed by atoms with van der Waals surface area (Å²) in [6.07, 6.45) is 5.14. The van der Waals surface area contributed by atoms with Crippen LogP contribution in [0.15, 0.2) is 85.3 Å². The molecule has 0 bridgehead atoms. The van der Waals surface area contributed by atoms with E-state index in [1.165, 1.54) is 0 Å². The Morgan fingerprint density at radius 3 is 2.50 bits per heavy atom. The van der Waals surface area contributed by atoms with Gasteiger partial charge in [-0.2, -0.15) is 5.10 Å². The van der Waals surface area contributed by atoms with Gasteiger partial charge < -0.3 is 5.32 Å². The predicted octanol–water partition coefficient (Wildman–Crippen LogP) is 4.52. The molecule has 4 aromatic rings. The molecule has 0 fully saturated rings. The van der Waals surface area contributed by atoms with Crippen molar-refractivity contribution >= 4 is 17.5 Å². The Labute approximate surface area is 167 Å². The largest absolute Gasteiger partial charge is 0.348 e. The number of halogens is 1. The highest BCUT2D eigenvalue weighted by Gasteiger charge is 2.18. The number of aromatic nitrogens is 3. The third-order valence-electron chi connectivity index (χ3n) is 4.28. The van der Waals surface area contributed by atoms with E-state index in [0.717, 1.165) is 16.8 Å². The van der Waals surface area contributed by atoms with E-state index in [1.54, 1.807) is 35.4 Å². The van der Waals surface area contributed by atoms with Gasteiger partial charge in [0.25, 0.3) is 5.91 Å². The zero-order valence-corrected chi connectivity index (χ0v) is 15.7. The SMILES string of the molecule is O=C(NCc1ccc(Cl)cc1)c1cn(-c2ccccc2)nc1-c1cccnc1. The number of pyridine rings is 1. The molecule has 0 atom stereocenters. The molecule has 2 aromatic carbocycles. The molecule has 5 nitrogen and oxygen atoms in total. The van der Waals surface area contributed by atoms with Crippen molar-refractivity contribution in [3.63, 3.8) is 0 Å². The fourth-order valence-electron chi connectivity index (χ4n) is 2.85. The van der Waals surface area contributed by atoms with E-state index >= 15 is 0 Å². The summed E-state index contributed by atoms with van der Waals surface area (Å²) in [5.41, 5.74) is 3.71.